The minimum atomic E-state index is -1.04. The molecule has 0 unspecified atom stereocenters. The summed E-state index contributed by atoms with van der Waals surface area (Å²) in [6.07, 6.45) is 4.60. The molecule has 9 heteroatoms. The first-order valence-electron chi connectivity index (χ1n) is 7.48. The van der Waals surface area contributed by atoms with E-state index in [9.17, 15) is 14.4 Å². The SMILES string of the molecule is CSCC[C@H](NC(=O)OC(C)(C)C)C(=O)O.NC(=O)c1cccnc1. The maximum absolute atomic E-state index is 11.3. The number of pyridine rings is 1. The Morgan fingerprint density at radius 1 is 1.40 bits per heavy atom. The number of hydrogen-bond donors (Lipinski definition) is 3. The number of thioether (sulfide) groups is 1. The highest BCUT2D eigenvalue weighted by molar-refractivity contribution is 7.98. The molecule has 0 bridgehead atoms. The van der Waals surface area contributed by atoms with Gasteiger partial charge < -0.3 is 20.9 Å². The van der Waals surface area contributed by atoms with Gasteiger partial charge in [0.25, 0.3) is 0 Å². The van der Waals surface area contributed by atoms with E-state index in [2.05, 4.69) is 10.3 Å². The largest absolute Gasteiger partial charge is 0.480 e. The van der Waals surface area contributed by atoms with Gasteiger partial charge in [0.1, 0.15) is 11.6 Å². The molecule has 1 aromatic heterocycles. The highest BCUT2D eigenvalue weighted by Crippen LogP contribution is 2.08. The van der Waals surface area contributed by atoms with Crippen molar-refractivity contribution in [2.75, 3.05) is 12.0 Å². The van der Waals surface area contributed by atoms with E-state index in [1.807, 2.05) is 6.26 Å². The van der Waals surface area contributed by atoms with Crippen molar-refractivity contribution in [3.8, 4) is 0 Å². The van der Waals surface area contributed by atoms with Crippen LogP contribution in [0.25, 0.3) is 0 Å². The molecule has 0 aromatic carbocycles. The Balaban J connectivity index is 0.000000535. The summed E-state index contributed by atoms with van der Waals surface area (Å²) in [6.45, 7) is 5.18. The summed E-state index contributed by atoms with van der Waals surface area (Å²) in [5.41, 5.74) is 4.76. The highest BCUT2D eigenvalue weighted by Gasteiger charge is 2.23. The lowest BCUT2D eigenvalue weighted by Gasteiger charge is -2.21. The van der Waals surface area contributed by atoms with Crippen molar-refractivity contribution >= 4 is 29.7 Å². The van der Waals surface area contributed by atoms with Gasteiger partial charge in [0.2, 0.25) is 5.91 Å². The fraction of sp³-hybridized carbons (Fsp3) is 0.500. The topological polar surface area (TPSA) is 132 Å². The van der Waals surface area contributed by atoms with E-state index in [0.717, 1.165) is 0 Å². The van der Waals surface area contributed by atoms with E-state index in [1.54, 1.807) is 39.1 Å². The lowest BCUT2D eigenvalue weighted by Crippen LogP contribution is -2.43. The third-order valence-corrected chi connectivity index (χ3v) is 3.19. The van der Waals surface area contributed by atoms with Crippen LogP contribution in [0.1, 0.15) is 37.6 Å². The average Bonchev–Trinajstić information content (AvgIpc) is 2.51. The van der Waals surface area contributed by atoms with E-state index in [-0.39, 0.29) is 0 Å². The van der Waals surface area contributed by atoms with Gasteiger partial charge in [0, 0.05) is 12.4 Å². The number of aliphatic carboxylic acids is 1. The zero-order chi connectivity index (χ0) is 19.5. The molecule has 25 heavy (non-hydrogen) atoms. The molecule has 0 saturated carbocycles. The molecule has 1 rings (SSSR count). The van der Waals surface area contributed by atoms with Crippen molar-refractivity contribution in [2.45, 2.75) is 38.8 Å². The normalized spacial score (nSPS) is 11.5. The molecule has 1 aromatic rings. The van der Waals surface area contributed by atoms with Crippen LogP contribution in [-0.2, 0) is 9.53 Å². The molecule has 0 aliphatic heterocycles. The van der Waals surface area contributed by atoms with Gasteiger partial charge in [-0.15, -0.1) is 0 Å². The monoisotopic (exact) mass is 371 g/mol. The van der Waals surface area contributed by atoms with Gasteiger partial charge in [-0.3, -0.25) is 9.78 Å². The second kappa shape index (κ2) is 11.3. The van der Waals surface area contributed by atoms with Gasteiger partial charge in [-0.1, -0.05) is 0 Å². The Hall–Kier alpha value is -2.29. The number of primary amides is 1. The number of nitrogens with zero attached hydrogens (tertiary/aromatic N) is 1. The van der Waals surface area contributed by atoms with Crippen LogP contribution in [0.5, 0.6) is 0 Å². The molecule has 140 valence electrons. The van der Waals surface area contributed by atoms with Gasteiger partial charge >= 0.3 is 12.1 Å². The van der Waals surface area contributed by atoms with Crippen molar-refractivity contribution in [1.82, 2.24) is 10.3 Å². The van der Waals surface area contributed by atoms with Crippen LogP contribution < -0.4 is 11.1 Å². The first-order valence-corrected chi connectivity index (χ1v) is 8.87. The third-order valence-electron chi connectivity index (χ3n) is 2.55. The Bertz CT molecular complexity index is 561. The molecule has 0 aliphatic carbocycles. The quantitative estimate of drug-likeness (QED) is 0.696. The van der Waals surface area contributed by atoms with Gasteiger partial charge in [0.15, 0.2) is 0 Å². The van der Waals surface area contributed by atoms with Crippen LogP contribution in [0.3, 0.4) is 0 Å². The van der Waals surface area contributed by atoms with E-state index >= 15 is 0 Å². The summed E-state index contributed by atoms with van der Waals surface area (Å²) in [4.78, 5) is 36.2. The first-order chi connectivity index (χ1) is 11.6. The van der Waals surface area contributed by atoms with Crippen molar-refractivity contribution < 1.29 is 24.2 Å². The number of hydrogen-bond acceptors (Lipinski definition) is 6. The maximum Gasteiger partial charge on any atom is 0.408 e. The molecule has 1 atom stereocenters. The zero-order valence-electron chi connectivity index (χ0n) is 14.8. The first kappa shape index (κ1) is 22.7. The standard InChI is InChI=1S/C10H19NO4S.C6H6N2O/c1-10(2,3)15-9(14)11-7(8(12)13)5-6-16-4;7-6(9)5-2-1-3-8-4-5/h7H,5-6H2,1-4H3,(H,11,14)(H,12,13);1-4H,(H2,7,9)/t7-;/m0./s1. The highest BCUT2D eigenvalue weighted by atomic mass is 32.2. The number of nitrogens with two attached hydrogens (primary N) is 1. The Morgan fingerprint density at radius 2 is 2.04 bits per heavy atom. The average molecular weight is 371 g/mol. The summed E-state index contributed by atoms with van der Waals surface area (Å²) in [5.74, 6) is -0.810. The van der Waals surface area contributed by atoms with Gasteiger partial charge in [-0.2, -0.15) is 11.8 Å². The maximum atomic E-state index is 11.3. The number of carbonyl (C=O) groups is 3. The summed E-state index contributed by atoms with van der Waals surface area (Å²) in [5, 5.41) is 11.2. The molecule has 1 heterocycles. The number of nitrogens with one attached hydrogen (secondary N) is 1. The zero-order valence-corrected chi connectivity index (χ0v) is 15.6. The van der Waals surface area contributed by atoms with Crippen molar-refractivity contribution in [2.24, 2.45) is 5.73 Å². The van der Waals surface area contributed by atoms with E-state index < -0.39 is 29.6 Å². The van der Waals surface area contributed by atoms with Crippen LogP contribution in [0.2, 0.25) is 0 Å². The molecule has 0 aliphatic rings. The molecule has 0 saturated heterocycles. The molecule has 4 N–H and O–H groups in total. The summed E-state index contributed by atoms with van der Waals surface area (Å²) in [7, 11) is 0. The predicted octanol–water partition coefficient (Wildman–Crippen LogP) is 1.90. The summed E-state index contributed by atoms with van der Waals surface area (Å²) in [6, 6.07) is 2.40. The van der Waals surface area contributed by atoms with E-state index in [4.69, 9.17) is 15.6 Å². The number of alkyl carbamates (subject to hydrolysis) is 1. The fourth-order valence-corrected chi connectivity index (χ4v) is 1.92. The fourth-order valence-electron chi connectivity index (χ4n) is 1.45. The number of rotatable bonds is 6. The van der Waals surface area contributed by atoms with Crippen LogP contribution in [0.15, 0.2) is 24.5 Å². The Kier molecular flexibility index (Phi) is 10.3. The third kappa shape index (κ3) is 11.8. The van der Waals surface area contributed by atoms with Crippen LogP contribution in [0, 0.1) is 0 Å². The minimum absolute atomic E-state index is 0.385. The summed E-state index contributed by atoms with van der Waals surface area (Å²) < 4.78 is 4.98. The smallest absolute Gasteiger partial charge is 0.408 e. The Labute approximate surface area is 151 Å². The summed E-state index contributed by atoms with van der Waals surface area (Å²) >= 11 is 1.53. The molecular weight excluding hydrogens is 346 g/mol. The molecule has 0 fully saturated rings. The van der Waals surface area contributed by atoms with Crippen LogP contribution >= 0.6 is 11.8 Å². The van der Waals surface area contributed by atoms with Crippen LogP contribution in [-0.4, -0.2) is 51.7 Å². The molecular formula is C16H25N3O5S. The minimum Gasteiger partial charge on any atom is -0.480 e. The number of carboxylic acid groups (broad SMARTS) is 1. The second-order valence-electron chi connectivity index (χ2n) is 5.92. The number of carboxylic acids is 1. The van der Waals surface area contributed by atoms with Gasteiger partial charge in [0.05, 0.1) is 5.56 Å². The number of aromatic nitrogens is 1. The second-order valence-corrected chi connectivity index (χ2v) is 6.91. The lowest BCUT2D eigenvalue weighted by molar-refractivity contribution is -0.139. The molecule has 8 nitrogen and oxygen atoms in total. The molecule has 0 spiro atoms. The predicted molar refractivity (Wildman–Crippen MR) is 96.5 cm³/mol. The number of ether oxygens (including phenoxy) is 1. The lowest BCUT2D eigenvalue weighted by atomic mass is 10.2. The van der Waals surface area contributed by atoms with Gasteiger partial charge in [-0.25, -0.2) is 9.59 Å². The van der Waals surface area contributed by atoms with Crippen molar-refractivity contribution in [3.63, 3.8) is 0 Å². The Morgan fingerprint density at radius 3 is 2.40 bits per heavy atom. The van der Waals surface area contributed by atoms with Crippen LogP contribution in [0.4, 0.5) is 4.79 Å². The van der Waals surface area contributed by atoms with Crippen molar-refractivity contribution in [1.29, 1.82) is 0 Å². The number of carbonyl (C=O) groups excluding carboxylic acids is 2. The van der Waals surface area contributed by atoms with Gasteiger partial charge in [-0.05, 0) is 51.3 Å². The van der Waals surface area contributed by atoms with Crippen molar-refractivity contribution in [3.05, 3.63) is 30.1 Å². The molecule has 0 radical (unpaired) electrons. The van der Waals surface area contributed by atoms with E-state index in [0.29, 0.717) is 17.7 Å². The van der Waals surface area contributed by atoms with E-state index in [1.165, 1.54) is 18.0 Å². The number of amides is 2. The molecule has 2 amide bonds.